The molecule has 0 spiro atoms. The van der Waals surface area contributed by atoms with Crippen molar-refractivity contribution >= 4 is 33.3 Å². The van der Waals surface area contributed by atoms with Crippen LogP contribution >= 0.6 is 0 Å². The van der Waals surface area contributed by atoms with Crippen LogP contribution in [0.5, 0.6) is 0 Å². The summed E-state index contributed by atoms with van der Waals surface area (Å²) in [5, 5.41) is 17.3. The zero-order valence-electron chi connectivity index (χ0n) is 18.9. The van der Waals surface area contributed by atoms with Gasteiger partial charge < -0.3 is 11.1 Å². The second-order valence-corrected chi connectivity index (χ2v) is 9.31. The van der Waals surface area contributed by atoms with E-state index in [1.54, 1.807) is 66.7 Å². The van der Waals surface area contributed by atoms with Crippen LogP contribution in [-0.2, 0) is 10.0 Å². The van der Waals surface area contributed by atoms with Crippen LogP contribution in [0.1, 0.15) is 25.8 Å². The summed E-state index contributed by atoms with van der Waals surface area (Å²) < 4.78 is 23.8. The molecule has 0 aliphatic heterocycles. The Morgan fingerprint density at radius 3 is 2.32 bits per heavy atom. The summed E-state index contributed by atoms with van der Waals surface area (Å²) in [6.45, 7) is 3.88. The minimum Gasteiger partial charge on any atom is -0.384 e. The van der Waals surface area contributed by atoms with E-state index < -0.39 is 10.0 Å². The summed E-state index contributed by atoms with van der Waals surface area (Å²) in [7, 11) is -3.88. The Morgan fingerprint density at radius 1 is 1.03 bits per heavy atom. The van der Waals surface area contributed by atoms with Gasteiger partial charge in [0.15, 0.2) is 0 Å². The van der Waals surface area contributed by atoms with Gasteiger partial charge >= 0.3 is 6.03 Å². The first-order valence-electron chi connectivity index (χ1n) is 10.6. The van der Waals surface area contributed by atoms with E-state index in [0.717, 1.165) is 0 Å². The molecule has 0 heterocycles. The molecular weight excluding hydrogens is 452 g/mol. The van der Waals surface area contributed by atoms with Crippen molar-refractivity contribution in [3.63, 3.8) is 0 Å². The highest BCUT2D eigenvalue weighted by Crippen LogP contribution is 2.27. The van der Waals surface area contributed by atoms with Gasteiger partial charge in [-0.3, -0.25) is 10.8 Å². The first kappa shape index (κ1) is 24.7. The Labute approximate surface area is 199 Å². The van der Waals surface area contributed by atoms with Crippen LogP contribution < -0.4 is 21.6 Å². The van der Waals surface area contributed by atoms with Crippen LogP contribution in [0.4, 0.5) is 16.2 Å². The van der Waals surface area contributed by atoms with Crippen molar-refractivity contribution in [1.82, 2.24) is 5.01 Å². The normalized spacial score (nSPS) is 12.0. The third-order valence-corrected chi connectivity index (χ3v) is 6.28. The molecule has 0 radical (unpaired) electrons. The molecule has 178 valence electrons. The number of hydrogen-bond acceptors (Lipinski definition) is 5. The molecule has 0 saturated heterocycles. The maximum Gasteiger partial charge on any atom is 0.340 e. The van der Waals surface area contributed by atoms with E-state index in [0.29, 0.717) is 34.5 Å². The van der Waals surface area contributed by atoms with Gasteiger partial charge in [-0.25, -0.2) is 23.4 Å². The molecule has 1 atom stereocenters. The van der Waals surface area contributed by atoms with Crippen molar-refractivity contribution in [2.24, 2.45) is 10.9 Å². The number of primary sulfonamides is 1. The number of amides is 2. The Balaban J connectivity index is 1.80. The fraction of sp³-hybridized carbons (Fsp3) is 0.167. The average molecular weight is 481 g/mol. The van der Waals surface area contributed by atoms with Gasteiger partial charge in [-0.15, -0.1) is 0 Å². The number of sulfonamides is 1. The molecular formula is C24H28N6O3S. The average Bonchev–Trinajstić information content (AvgIpc) is 2.82. The number of nitrogen functional groups attached to an aromatic ring is 1. The fourth-order valence-corrected chi connectivity index (χ4v) is 4.07. The van der Waals surface area contributed by atoms with Crippen molar-refractivity contribution in [3.05, 3.63) is 78.4 Å². The number of amidine groups is 1. The number of hydrogen-bond donors (Lipinski definition) is 5. The number of nitrogens with zero attached hydrogens (tertiary/aromatic N) is 1. The Morgan fingerprint density at radius 2 is 1.71 bits per heavy atom. The van der Waals surface area contributed by atoms with E-state index in [1.807, 2.05) is 13.8 Å². The minimum absolute atomic E-state index is 0.0340. The SMILES string of the molecule is CCC(C)N(Nc1cccc(C(=N)N)c1)C(=O)Nc1ccc(-c2ccccc2S(N)(=O)=O)cc1. The molecule has 34 heavy (non-hydrogen) atoms. The van der Waals surface area contributed by atoms with Gasteiger partial charge in [-0.1, -0.05) is 49.4 Å². The second-order valence-electron chi connectivity index (χ2n) is 7.78. The van der Waals surface area contributed by atoms with Gasteiger partial charge in [-0.05, 0) is 49.2 Å². The van der Waals surface area contributed by atoms with Crippen LogP contribution in [0.15, 0.2) is 77.7 Å². The topological polar surface area (TPSA) is 154 Å². The smallest absolute Gasteiger partial charge is 0.340 e. The van der Waals surface area contributed by atoms with E-state index in [2.05, 4.69) is 10.7 Å². The molecule has 10 heteroatoms. The van der Waals surface area contributed by atoms with Gasteiger partial charge in [0, 0.05) is 16.8 Å². The summed E-state index contributed by atoms with van der Waals surface area (Å²) in [5.41, 5.74) is 11.5. The van der Waals surface area contributed by atoms with Crippen LogP contribution in [0.2, 0.25) is 0 Å². The lowest BCUT2D eigenvalue weighted by Crippen LogP contribution is -2.45. The number of nitrogens with one attached hydrogen (secondary N) is 3. The third-order valence-electron chi connectivity index (χ3n) is 5.31. The van der Waals surface area contributed by atoms with Crippen molar-refractivity contribution in [1.29, 1.82) is 5.41 Å². The largest absolute Gasteiger partial charge is 0.384 e. The lowest BCUT2D eigenvalue weighted by molar-refractivity contribution is 0.205. The zero-order valence-corrected chi connectivity index (χ0v) is 19.8. The molecule has 9 nitrogen and oxygen atoms in total. The molecule has 0 bridgehead atoms. The second kappa shape index (κ2) is 10.4. The highest BCUT2D eigenvalue weighted by atomic mass is 32.2. The van der Waals surface area contributed by atoms with Crippen molar-refractivity contribution in [2.45, 2.75) is 31.2 Å². The van der Waals surface area contributed by atoms with E-state index >= 15 is 0 Å². The Hall–Kier alpha value is -3.89. The molecule has 0 saturated carbocycles. The molecule has 1 unspecified atom stereocenters. The summed E-state index contributed by atoms with van der Waals surface area (Å²) in [5.74, 6) is -0.0627. The number of carbonyl (C=O) groups is 1. The standard InChI is InChI=1S/C24H28N6O3S/c1-3-16(2)30(29-20-8-6-7-18(15-20)23(25)26)24(31)28-19-13-11-17(12-14-19)21-9-4-5-10-22(21)34(27,32)33/h4-16,29H,3H2,1-2H3,(H3,25,26)(H,28,31)(H2,27,32,33). The van der Waals surface area contributed by atoms with Gasteiger partial charge in [0.2, 0.25) is 10.0 Å². The van der Waals surface area contributed by atoms with E-state index in [1.165, 1.54) is 11.1 Å². The Bertz CT molecular complexity index is 1290. The molecule has 0 aliphatic carbocycles. The first-order chi connectivity index (χ1) is 16.1. The number of nitrogens with two attached hydrogens (primary N) is 2. The fourth-order valence-electron chi connectivity index (χ4n) is 3.31. The zero-order chi connectivity index (χ0) is 24.9. The maximum absolute atomic E-state index is 13.1. The van der Waals surface area contributed by atoms with Gasteiger partial charge in [-0.2, -0.15) is 0 Å². The van der Waals surface area contributed by atoms with Crippen LogP contribution in [0.3, 0.4) is 0 Å². The van der Waals surface area contributed by atoms with Gasteiger partial charge in [0.1, 0.15) is 5.84 Å². The monoisotopic (exact) mass is 480 g/mol. The molecule has 2 amide bonds. The highest BCUT2D eigenvalue weighted by Gasteiger charge is 2.20. The first-order valence-corrected chi connectivity index (χ1v) is 12.2. The molecule has 7 N–H and O–H groups in total. The van der Waals surface area contributed by atoms with E-state index in [-0.39, 0.29) is 22.8 Å². The minimum atomic E-state index is -3.88. The van der Waals surface area contributed by atoms with Crippen LogP contribution in [-0.4, -0.2) is 31.3 Å². The number of benzene rings is 3. The predicted molar refractivity (Wildman–Crippen MR) is 135 cm³/mol. The van der Waals surface area contributed by atoms with E-state index in [9.17, 15) is 13.2 Å². The third kappa shape index (κ3) is 5.91. The lowest BCUT2D eigenvalue weighted by Gasteiger charge is -2.30. The number of hydrazine groups is 1. The molecule has 3 aromatic carbocycles. The Kier molecular flexibility index (Phi) is 7.54. The molecule has 0 fully saturated rings. The molecule has 0 aliphatic rings. The highest BCUT2D eigenvalue weighted by molar-refractivity contribution is 7.89. The maximum atomic E-state index is 13.1. The van der Waals surface area contributed by atoms with Gasteiger partial charge in [0.05, 0.1) is 16.6 Å². The summed E-state index contributed by atoms with van der Waals surface area (Å²) in [6.07, 6.45) is 0.704. The molecule has 3 aromatic rings. The van der Waals surface area contributed by atoms with Crippen LogP contribution in [0, 0.1) is 5.41 Å². The van der Waals surface area contributed by atoms with Crippen molar-refractivity contribution in [2.75, 3.05) is 10.7 Å². The van der Waals surface area contributed by atoms with Crippen molar-refractivity contribution in [3.8, 4) is 11.1 Å². The molecule has 0 aromatic heterocycles. The number of urea groups is 1. The van der Waals surface area contributed by atoms with Crippen molar-refractivity contribution < 1.29 is 13.2 Å². The lowest BCUT2D eigenvalue weighted by atomic mass is 10.1. The van der Waals surface area contributed by atoms with Gasteiger partial charge in [0.25, 0.3) is 0 Å². The predicted octanol–water partition coefficient (Wildman–Crippen LogP) is 3.94. The number of anilines is 2. The summed E-state index contributed by atoms with van der Waals surface area (Å²) in [4.78, 5) is 13.1. The number of carbonyl (C=O) groups excluding carboxylic acids is 1. The van der Waals surface area contributed by atoms with E-state index in [4.69, 9.17) is 16.3 Å². The molecule has 3 rings (SSSR count). The summed E-state index contributed by atoms with van der Waals surface area (Å²) >= 11 is 0. The number of rotatable bonds is 8. The quantitative estimate of drug-likeness (QED) is 0.188. The summed E-state index contributed by atoms with van der Waals surface area (Å²) in [6, 6.07) is 19.7. The van der Waals surface area contributed by atoms with Crippen LogP contribution in [0.25, 0.3) is 11.1 Å².